The van der Waals surface area contributed by atoms with Gasteiger partial charge in [0.05, 0.1) is 0 Å². The first-order valence-electron chi connectivity index (χ1n) is 8.58. The molecule has 9 heteroatoms. The molecule has 1 fully saturated rings. The Labute approximate surface area is 160 Å². The summed E-state index contributed by atoms with van der Waals surface area (Å²) in [6.07, 6.45) is 0.640. The number of carbonyl (C=O) groups is 3. The summed E-state index contributed by atoms with van der Waals surface area (Å²) < 4.78 is 0. The molecule has 1 aliphatic rings. The Bertz CT molecular complexity index is 782. The van der Waals surface area contributed by atoms with Crippen molar-refractivity contribution in [3.05, 3.63) is 58.3 Å². The topological polar surface area (TPSA) is 111 Å². The third-order valence-corrected chi connectivity index (χ3v) is 4.85. The molecule has 27 heavy (non-hydrogen) atoms. The Morgan fingerprint density at radius 2 is 1.89 bits per heavy atom. The van der Waals surface area contributed by atoms with Crippen molar-refractivity contribution in [2.45, 2.75) is 24.9 Å². The summed E-state index contributed by atoms with van der Waals surface area (Å²) in [7, 11) is 0. The van der Waals surface area contributed by atoms with E-state index in [1.54, 1.807) is 11.4 Å². The van der Waals surface area contributed by atoms with Crippen LogP contribution in [0.25, 0.3) is 0 Å². The molecule has 0 bridgehead atoms. The summed E-state index contributed by atoms with van der Waals surface area (Å²) in [5.74, 6) is -0.919. The lowest BCUT2D eigenvalue weighted by Gasteiger charge is -2.12. The molecule has 142 valence electrons. The fourth-order valence-electron chi connectivity index (χ4n) is 2.70. The van der Waals surface area contributed by atoms with Crippen LogP contribution in [0.2, 0.25) is 0 Å². The first-order valence-corrected chi connectivity index (χ1v) is 9.53. The van der Waals surface area contributed by atoms with Crippen LogP contribution in [0, 0.1) is 0 Å². The van der Waals surface area contributed by atoms with Crippen molar-refractivity contribution >= 4 is 29.1 Å². The summed E-state index contributed by atoms with van der Waals surface area (Å²) in [6, 6.07) is 11.1. The molecule has 2 aromatic rings. The second-order valence-corrected chi connectivity index (χ2v) is 6.88. The number of nitrogens with one attached hydrogen (secondary N) is 5. The van der Waals surface area contributed by atoms with Gasteiger partial charge in [-0.25, -0.2) is 10.9 Å². The van der Waals surface area contributed by atoms with Crippen LogP contribution in [-0.4, -0.2) is 30.3 Å². The van der Waals surface area contributed by atoms with E-state index in [1.165, 1.54) is 11.3 Å². The van der Waals surface area contributed by atoms with Crippen molar-refractivity contribution in [2.75, 3.05) is 6.54 Å². The zero-order chi connectivity index (χ0) is 19.1. The zero-order valence-electron chi connectivity index (χ0n) is 14.5. The number of hydrogen-bond donors (Lipinski definition) is 5. The molecule has 0 radical (unpaired) electrons. The first-order chi connectivity index (χ1) is 13.1. The maximum absolute atomic E-state index is 12.2. The monoisotopic (exact) mass is 387 g/mol. The van der Waals surface area contributed by atoms with Crippen LogP contribution < -0.4 is 27.0 Å². The van der Waals surface area contributed by atoms with E-state index in [9.17, 15) is 14.4 Å². The van der Waals surface area contributed by atoms with Gasteiger partial charge in [-0.15, -0.1) is 0 Å². The predicted octanol–water partition coefficient (Wildman–Crippen LogP) is 0.623. The molecule has 0 spiro atoms. The standard InChI is InChI=1S/C18H21N5O3S/c24-16(6-8-19-17(25)13-7-9-27-11-13)22-23-18(26)15-10-14(20-21-15)12-4-2-1-3-5-12/h1-5,7,9,11,14-15,20-21H,6,8,10H2,(H,19,25)(H,22,24)(H,23,26). The summed E-state index contributed by atoms with van der Waals surface area (Å²) >= 11 is 1.43. The fourth-order valence-corrected chi connectivity index (χ4v) is 3.33. The minimum Gasteiger partial charge on any atom is -0.351 e. The van der Waals surface area contributed by atoms with Crippen molar-refractivity contribution in [2.24, 2.45) is 0 Å². The molecule has 1 aromatic heterocycles. The lowest BCUT2D eigenvalue weighted by atomic mass is 10.0. The van der Waals surface area contributed by atoms with E-state index in [1.807, 2.05) is 35.7 Å². The van der Waals surface area contributed by atoms with E-state index >= 15 is 0 Å². The van der Waals surface area contributed by atoms with Gasteiger partial charge in [-0.05, 0) is 23.4 Å². The SMILES string of the molecule is O=C(CCNC(=O)c1ccsc1)NNC(=O)C1CC(c2ccccc2)NN1. The number of rotatable bonds is 6. The van der Waals surface area contributed by atoms with E-state index in [2.05, 4.69) is 27.0 Å². The Hall–Kier alpha value is -2.75. The lowest BCUT2D eigenvalue weighted by molar-refractivity contribution is -0.129. The molecule has 1 aromatic carbocycles. The van der Waals surface area contributed by atoms with Crippen LogP contribution in [0.4, 0.5) is 0 Å². The van der Waals surface area contributed by atoms with Crippen LogP contribution in [0.3, 0.4) is 0 Å². The highest BCUT2D eigenvalue weighted by Crippen LogP contribution is 2.21. The average Bonchev–Trinajstić information content (AvgIpc) is 3.38. The second-order valence-electron chi connectivity index (χ2n) is 6.10. The Morgan fingerprint density at radius 1 is 1.07 bits per heavy atom. The average molecular weight is 387 g/mol. The minimum atomic E-state index is -0.450. The molecule has 1 aliphatic heterocycles. The van der Waals surface area contributed by atoms with Gasteiger partial charge < -0.3 is 5.32 Å². The van der Waals surface area contributed by atoms with Crippen LogP contribution in [-0.2, 0) is 9.59 Å². The number of amides is 3. The Balaban J connectivity index is 1.34. The van der Waals surface area contributed by atoms with Gasteiger partial charge >= 0.3 is 0 Å². The third-order valence-electron chi connectivity index (χ3n) is 4.17. The molecule has 2 atom stereocenters. The van der Waals surface area contributed by atoms with Gasteiger partial charge in [0.25, 0.3) is 11.8 Å². The van der Waals surface area contributed by atoms with E-state index in [0.29, 0.717) is 12.0 Å². The van der Waals surface area contributed by atoms with Crippen molar-refractivity contribution in [1.29, 1.82) is 0 Å². The smallest absolute Gasteiger partial charge is 0.256 e. The van der Waals surface area contributed by atoms with E-state index in [0.717, 1.165) is 5.56 Å². The number of hydrazine groups is 2. The largest absolute Gasteiger partial charge is 0.351 e. The normalized spacial score (nSPS) is 18.7. The summed E-state index contributed by atoms with van der Waals surface area (Å²) in [5.41, 5.74) is 12.5. The van der Waals surface area contributed by atoms with Gasteiger partial charge in [0.2, 0.25) is 5.91 Å². The zero-order valence-corrected chi connectivity index (χ0v) is 15.3. The third kappa shape index (κ3) is 5.36. The summed E-state index contributed by atoms with van der Waals surface area (Å²) in [5, 5.41) is 6.20. The highest BCUT2D eigenvalue weighted by atomic mass is 32.1. The van der Waals surface area contributed by atoms with Gasteiger partial charge in [0, 0.05) is 30.0 Å². The maximum atomic E-state index is 12.2. The van der Waals surface area contributed by atoms with Gasteiger partial charge in [-0.3, -0.25) is 25.2 Å². The highest BCUT2D eigenvalue weighted by Gasteiger charge is 2.30. The Morgan fingerprint density at radius 3 is 2.63 bits per heavy atom. The lowest BCUT2D eigenvalue weighted by Crippen LogP contribution is -2.50. The molecular formula is C18H21N5O3S. The molecular weight excluding hydrogens is 366 g/mol. The van der Waals surface area contributed by atoms with Gasteiger partial charge in [-0.1, -0.05) is 30.3 Å². The molecule has 8 nitrogen and oxygen atoms in total. The summed E-state index contributed by atoms with van der Waals surface area (Å²) in [6.45, 7) is 0.190. The molecule has 2 unspecified atom stereocenters. The number of thiophene rings is 1. The second kappa shape index (κ2) is 9.26. The predicted molar refractivity (Wildman–Crippen MR) is 101 cm³/mol. The van der Waals surface area contributed by atoms with Crippen LogP contribution in [0.5, 0.6) is 0 Å². The first kappa shape index (κ1) is 19.0. The number of benzene rings is 1. The summed E-state index contributed by atoms with van der Waals surface area (Å²) in [4.78, 5) is 35.7. The van der Waals surface area contributed by atoms with Crippen LogP contribution >= 0.6 is 11.3 Å². The number of hydrogen-bond acceptors (Lipinski definition) is 6. The molecule has 5 N–H and O–H groups in total. The molecule has 1 saturated heterocycles. The van der Waals surface area contributed by atoms with Crippen LogP contribution in [0.15, 0.2) is 47.2 Å². The molecule has 3 amide bonds. The highest BCUT2D eigenvalue weighted by molar-refractivity contribution is 7.08. The molecule has 0 saturated carbocycles. The van der Waals surface area contributed by atoms with Gasteiger partial charge in [0.15, 0.2) is 0 Å². The van der Waals surface area contributed by atoms with Gasteiger partial charge in [-0.2, -0.15) is 11.3 Å². The van der Waals surface area contributed by atoms with E-state index < -0.39 is 6.04 Å². The molecule has 0 aliphatic carbocycles. The maximum Gasteiger partial charge on any atom is 0.256 e. The fraction of sp³-hybridized carbons (Fsp3) is 0.278. The minimum absolute atomic E-state index is 0.0324. The molecule has 3 rings (SSSR count). The van der Waals surface area contributed by atoms with Crippen molar-refractivity contribution in [3.8, 4) is 0 Å². The molecule has 2 heterocycles. The number of carbonyl (C=O) groups excluding carboxylic acids is 3. The van der Waals surface area contributed by atoms with Crippen molar-refractivity contribution in [1.82, 2.24) is 27.0 Å². The van der Waals surface area contributed by atoms with Crippen LogP contribution in [0.1, 0.15) is 34.8 Å². The van der Waals surface area contributed by atoms with Crippen molar-refractivity contribution in [3.63, 3.8) is 0 Å². The Kier molecular flexibility index (Phi) is 6.53. The quantitative estimate of drug-likeness (QED) is 0.467. The van der Waals surface area contributed by atoms with Crippen molar-refractivity contribution < 1.29 is 14.4 Å². The van der Waals surface area contributed by atoms with E-state index in [4.69, 9.17) is 0 Å². The van der Waals surface area contributed by atoms with Gasteiger partial charge in [0.1, 0.15) is 6.04 Å². The van der Waals surface area contributed by atoms with E-state index in [-0.39, 0.29) is 36.7 Å².